The van der Waals surface area contributed by atoms with Crippen molar-refractivity contribution < 1.29 is 24.2 Å². The number of hydrogen-bond acceptors (Lipinski definition) is 5. The van der Waals surface area contributed by atoms with Crippen molar-refractivity contribution >= 4 is 17.4 Å². The fraction of sp³-hybridized carbons (Fsp3) is 0.250. The van der Waals surface area contributed by atoms with E-state index in [1.54, 1.807) is 35.1 Å². The summed E-state index contributed by atoms with van der Waals surface area (Å²) in [6.45, 7) is 0. The summed E-state index contributed by atoms with van der Waals surface area (Å²) in [6, 6.07) is 9.96. The van der Waals surface area contributed by atoms with Crippen molar-refractivity contribution in [2.24, 2.45) is 0 Å². The van der Waals surface area contributed by atoms with Crippen LogP contribution in [0.25, 0.3) is 5.52 Å². The zero-order valence-electron chi connectivity index (χ0n) is 15.6. The van der Waals surface area contributed by atoms with Gasteiger partial charge < -0.3 is 19.9 Å². The van der Waals surface area contributed by atoms with Crippen LogP contribution in [0.1, 0.15) is 23.6 Å². The van der Waals surface area contributed by atoms with Crippen molar-refractivity contribution in [2.45, 2.75) is 18.9 Å². The molecule has 0 saturated carbocycles. The van der Waals surface area contributed by atoms with E-state index in [1.807, 2.05) is 18.2 Å². The average Bonchev–Trinajstić information content (AvgIpc) is 3.09. The number of carboxylic acids is 1. The summed E-state index contributed by atoms with van der Waals surface area (Å²) in [4.78, 5) is 23.9. The van der Waals surface area contributed by atoms with Gasteiger partial charge in [0.2, 0.25) is 5.91 Å². The third-order valence-corrected chi connectivity index (χ3v) is 4.38. The summed E-state index contributed by atoms with van der Waals surface area (Å²) in [7, 11) is 3.02. The summed E-state index contributed by atoms with van der Waals surface area (Å²) < 4.78 is 12.2. The molecule has 3 aromatic rings. The van der Waals surface area contributed by atoms with Gasteiger partial charge in [-0.2, -0.15) is 5.10 Å². The molecule has 0 aliphatic rings. The Morgan fingerprint density at radius 2 is 1.96 bits per heavy atom. The van der Waals surface area contributed by atoms with Gasteiger partial charge in [0.05, 0.1) is 44.8 Å². The van der Waals surface area contributed by atoms with Crippen molar-refractivity contribution in [3.05, 3.63) is 59.9 Å². The zero-order chi connectivity index (χ0) is 20.1. The van der Waals surface area contributed by atoms with E-state index in [0.29, 0.717) is 17.1 Å². The minimum Gasteiger partial charge on any atom is -0.493 e. The van der Waals surface area contributed by atoms with Crippen LogP contribution >= 0.6 is 0 Å². The SMILES string of the molecule is COc1ccc(C(CC(=O)O)NC(=O)Cc2cnn3ccccc23)cc1OC. The number of fused-ring (bicyclic) bond motifs is 1. The average molecular weight is 383 g/mol. The minimum absolute atomic E-state index is 0.0942. The highest BCUT2D eigenvalue weighted by Crippen LogP contribution is 2.31. The summed E-state index contributed by atoms with van der Waals surface area (Å²) in [6.07, 6.45) is 3.28. The predicted octanol–water partition coefficient (Wildman–Crippen LogP) is 2.23. The molecule has 1 amide bonds. The van der Waals surface area contributed by atoms with E-state index in [0.717, 1.165) is 11.1 Å². The van der Waals surface area contributed by atoms with Gasteiger partial charge in [0.15, 0.2) is 11.5 Å². The highest BCUT2D eigenvalue weighted by molar-refractivity contribution is 5.82. The van der Waals surface area contributed by atoms with E-state index in [9.17, 15) is 14.7 Å². The summed E-state index contributed by atoms with van der Waals surface area (Å²) in [5, 5.41) is 16.3. The fourth-order valence-electron chi connectivity index (χ4n) is 3.04. The topological polar surface area (TPSA) is 102 Å². The van der Waals surface area contributed by atoms with Crippen LogP contribution in [0.2, 0.25) is 0 Å². The quantitative estimate of drug-likeness (QED) is 0.618. The van der Waals surface area contributed by atoms with Gasteiger partial charge in [0, 0.05) is 11.8 Å². The van der Waals surface area contributed by atoms with Crippen LogP contribution in [-0.2, 0) is 16.0 Å². The summed E-state index contributed by atoms with van der Waals surface area (Å²) in [5.74, 6) is -0.318. The number of carbonyl (C=O) groups is 2. The third-order valence-electron chi connectivity index (χ3n) is 4.38. The number of methoxy groups -OCH3 is 2. The number of hydrogen-bond donors (Lipinski definition) is 2. The number of aliphatic carboxylic acids is 1. The van der Waals surface area contributed by atoms with Gasteiger partial charge >= 0.3 is 5.97 Å². The van der Waals surface area contributed by atoms with Crippen molar-refractivity contribution in [1.29, 1.82) is 0 Å². The smallest absolute Gasteiger partial charge is 0.305 e. The Kier molecular flexibility index (Phi) is 5.78. The molecular weight excluding hydrogens is 362 g/mol. The predicted molar refractivity (Wildman–Crippen MR) is 102 cm³/mol. The van der Waals surface area contributed by atoms with Crippen LogP contribution in [0.5, 0.6) is 11.5 Å². The molecule has 0 radical (unpaired) electrons. The number of rotatable bonds is 8. The molecule has 0 aliphatic carbocycles. The van der Waals surface area contributed by atoms with Crippen LogP contribution in [0, 0.1) is 0 Å². The highest BCUT2D eigenvalue weighted by atomic mass is 16.5. The Balaban J connectivity index is 1.80. The lowest BCUT2D eigenvalue weighted by molar-refractivity contribution is -0.137. The molecule has 0 spiro atoms. The number of carbonyl (C=O) groups excluding carboxylic acids is 1. The van der Waals surface area contributed by atoms with Crippen molar-refractivity contribution in [3.63, 3.8) is 0 Å². The maximum absolute atomic E-state index is 12.6. The Bertz CT molecular complexity index is 998. The van der Waals surface area contributed by atoms with Crippen LogP contribution in [0.3, 0.4) is 0 Å². The first-order valence-corrected chi connectivity index (χ1v) is 8.66. The molecular formula is C20H21N3O5. The maximum atomic E-state index is 12.6. The Labute approximate surface area is 161 Å². The van der Waals surface area contributed by atoms with Crippen molar-refractivity contribution in [1.82, 2.24) is 14.9 Å². The number of aromatic nitrogens is 2. The van der Waals surface area contributed by atoms with Crippen LogP contribution < -0.4 is 14.8 Å². The van der Waals surface area contributed by atoms with Crippen molar-refractivity contribution in [2.75, 3.05) is 14.2 Å². The van der Waals surface area contributed by atoms with Gasteiger partial charge in [0.1, 0.15) is 0 Å². The first-order chi connectivity index (χ1) is 13.5. The molecule has 1 atom stereocenters. The number of pyridine rings is 1. The zero-order valence-corrected chi connectivity index (χ0v) is 15.6. The Morgan fingerprint density at radius 3 is 2.68 bits per heavy atom. The first kappa shape index (κ1) is 19.2. The molecule has 146 valence electrons. The lowest BCUT2D eigenvalue weighted by Gasteiger charge is -2.19. The molecule has 1 unspecified atom stereocenters. The Hall–Kier alpha value is -3.55. The van der Waals surface area contributed by atoms with Crippen LogP contribution in [0.4, 0.5) is 0 Å². The van der Waals surface area contributed by atoms with E-state index in [2.05, 4.69) is 10.4 Å². The second kappa shape index (κ2) is 8.43. The largest absolute Gasteiger partial charge is 0.493 e. The molecule has 2 aromatic heterocycles. The molecule has 8 nitrogen and oxygen atoms in total. The van der Waals surface area contributed by atoms with Gasteiger partial charge in [-0.05, 0) is 29.8 Å². The van der Waals surface area contributed by atoms with Gasteiger partial charge in [-0.1, -0.05) is 12.1 Å². The number of carboxylic acid groups (broad SMARTS) is 1. The summed E-state index contributed by atoms with van der Waals surface area (Å²) >= 11 is 0. The number of benzene rings is 1. The second-order valence-corrected chi connectivity index (χ2v) is 6.21. The molecule has 28 heavy (non-hydrogen) atoms. The monoisotopic (exact) mass is 383 g/mol. The van der Waals surface area contributed by atoms with Gasteiger partial charge in [-0.15, -0.1) is 0 Å². The van der Waals surface area contributed by atoms with E-state index in [1.165, 1.54) is 14.2 Å². The van der Waals surface area contributed by atoms with E-state index < -0.39 is 12.0 Å². The molecule has 0 saturated heterocycles. The lowest BCUT2D eigenvalue weighted by Crippen LogP contribution is -2.31. The molecule has 8 heteroatoms. The third kappa shape index (κ3) is 4.22. The molecule has 2 heterocycles. The van der Waals surface area contributed by atoms with Crippen molar-refractivity contribution in [3.8, 4) is 11.5 Å². The normalized spacial score (nSPS) is 11.8. The fourth-order valence-corrected chi connectivity index (χ4v) is 3.04. The van der Waals surface area contributed by atoms with Gasteiger partial charge in [-0.25, -0.2) is 4.52 Å². The molecule has 1 aromatic carbocycles. The standard InChI is InChI=1S/C20H21N3O5/c1-27-17-7-6-13(9-18(17)28-2)15(11-20(25)26)22-19(24)10-14-12-21-23-8-4-3-5-16(14)23/h3-9,12,15H,10-11H2,1-2H3,(H,22,24)(H,25,26). The lowest BCUT2D eigenvalue weighted by atomic mass is 10.0. The number of nitrogens with zero attached hydrogens (tertiary/aromatic N) is 2. The van der Waals surface area contributed by atoms with Gasteiger partial charge in [0.25, 0.3) is 0 Å². The molecule has 0 bridgehead atoms. The second-order valence-electron chi connectivity index (χ2n) is 6.21. The van der Waals surface area contributed by atoms with E-state index in [-0.39, 0.29) is 18.7 Å². The minimum atomic E-state index is -1.02. The first-order valence-electron chi connectivity index (χ1n) is 8.66. The number of ether oxygens (including phenoxy) is 2. The maximum Gasteiger partial charge on any atom is 0.305 e. The highest BCUT2D eigenvalue weighted by Gasteiger charge is 2.20. The van der Waals surface area contributed by atoms with E-state index >= 15 is 0 Å². The van der Waals surface area contributed by atoms with Crippen LogP contribution in [0.15, 0.2) is 48.8 Å². The molecule has 0 aliphatic heterocycles. The summed E-state index contributed by atoms with van der Waals surface area (Å²) in [5.41, 5.74) is 2.21. The van der Waals surface area contributed by atoms with Gasteiger partial charge in [-0.3, -0.25) is 9.59 Å². The number of amides is 1. The van der Waals surface area contributed by atoms with E-state index in [4.69, 9.17) is 9.47 Å². The Morgan fingerprint density at radius 1 is 1.18 bits per heavy atom. The van der Waals surface area contributed by atoms with Crippen LogP contribution in [-0.4, -0.2) is 40.8 Å². The molecule has 3 rings (SSSR count). The number of nitrogens with one attached hydrogen (secondary N) is 1. The molecule has 0 fully saturated rings. The molecule has 2 N–H and O–H groups in total.